The Balaban J connectivity index is 1.68. The third kappa shape index (κ3) is 2.54. The molecule has 1 heterocycles. The van der Waals surface area contributed by atoms with Gasteiger partial charge >= 0.3 is 0 Å². The molecule has 0 bridgehead atoms. The van der Waals surface area contributed by atoms with Gasteiger partial charge in [0.05, 0.1) is 11.6 Å². The zero-order valence-electron chi connectivity index (χ0n) is 11.3. The van der Waals surface area contributed by atoms with Gasteiger partial charge in [-0.1, -0.05) is 0 Å². The van der Waals surface area contributed by atoms with Gasteiger partial charge in [0.2, 0.25) is 0 Å². The quantitative estimate of drug-likeness (QED) is 0.865. The second kappa shape index (κ2) is 4.85. The van der Waals surface area contributed by atoms with Crippen molar-refractivity contribution in [1.82, 2.24) is 14.8 Å². The molecule has 2 aliphatic carbocycles. The van der Waals surface area contributed by atoms with Crippen molar-refractivity contribution in [1.29, 1.82) is 5.26 Å². The van der Waals surface area contributed by atoms with E-state index in [2.05, 4.69) is 14.8 Å². The van der Waals surface area contributed by atoms with E-state index in [-0.39, 0.29) is 0 Å². The molecule has 6 heteroatoms. The largest absolute Gasteiger partial charge is 0.302 e. The third-order valence-corrected chi connectivity index (χ3v) is 4.69. The summed E-state index contributed by atoms with van der Waals surface area (Å²) >= 11 is 1.39. The van der Waals surface area contributed by atoms with Crippen molar-refractivity contribution < 1.29 is 4.39 Å². The van der Waals surface area contributed by atoms with Crippen LogP contribution in [-0.2, 0) is 0 Å². The van der Waals surface area contributed by atoms with Gasteiger partial charge in [-0.25, -0.2) is 4.39 Å². The van der Waals surface area contributed by atoms with Crippen LogP contribution in [0.5, 0.6) is 0 Å². The second-order valence-corrected chi connectivity index (χ2v) is 6.65. The fourth-order valence-corrected chi connectivity index (χ4v) is 3.44. The molecule has 21 heavy (non-hydrogen) atoms. The molecule has 2 fully saturated rings. The first-order valence-electron chi connectivity index (χ1n) is 7.08. The molecule has 0 spiro atoms. The van der Waals surface area contributed by atoms with E-state index in [0.717, 1.165) is 23.8 Å². The zero-order valence-corrected chi connectivity index (χ0v) is 12.1. The first-order valence-corrected chi connectivity index (χ1v) is 7.89. The Labute approximate surface area is 126 Å². The van der Waals surface area contributed by atoms with E-state index in [1.165, 1.54) is 36.7 Å². The Morgan fingerprint density at radius 3 is 2.67 bits per heavy atom. The van der Waals surface area contributed by atoms with E-state index in [4.69, 9.17) is 5.26 Å². The van der Waals surface area contributed by atoms with Crippen LogP contribution in [0.2, 0.25) is 0 Å². The molecule has 0 amide bonds. The van der Waals surface area contributed by atoms with E-state index in [0.29, 0.717) is 22.4 Å². The van der Waals surface area contributed by atoms with Crippen LogP contribution < -0.4 is 0 Å². The van der Waals surface area contributed by atoms with Gasteiger partial charge in [0.25, 0.3) is 0 Å². The molecule has 2 aromatic rings. The van der Waals surface area contributed by atoms with Crippen molar-refractivity contribution >= 4 is 11.8 Å². The molecule has 1 aromatic carbocycles. The van der Waals surface area contributed by atoms with Gasteiger partial charge in [0.15, 0.2) is 5.16 Å². The van der Waals surface area contributed by atoms with Gasteiger partial charge < -0.3 is 4.57 Å². The fourth-order valence-electron chi connectivity index (χ4n) is 2.45. The Bertz CT molecular complexity index is 741. The maximum atomic E-state index is 13.5. The molecule has 0 N–H and O–H groups in total. The summed E-state index contributed by atoms with van der Waals surface area (Å²) in [6, 6.07) is 6.85. The summed E-state index contributed by atoms with van der Waals surface area (Å²) < 4.78 is 15.7. The number of rotatable bonds is 4. The van der Waals surface area contributed by atoms with Crippen molar-refractivity contribution in [2.45, 2.75) is 47.7 Å². The Morgan fingerprint density at radius 1 is 1.19 bits per heavy atom. The smallest absolute Gasteiger partial charge is 0.196 e. The van der Waals surface area contributed by atoms with Crippen molar-refractivity contribution in [2.75, 3.05) is 0 Å². The zero-order chi connectivity index (χ0) is 14.4. The highest BCUT2D eigenvalue weighted by molar-refractivity contribution is 7.99. The number of benzene rings is 1. The van der Waals surface area contributed by atoms with E-state index < -0.39 is 5.82 Å². The number of hydrogen-bond donors (Lipinski definition) is 0. The molecule has 0 aliphatic heterocycles. The van der Waals surface area contributed by atoms with Crippen LogP contribution in [0.1, 0.15) is 49.0 Å². The van der Waals surface area contributed by atoms with Crippen LogP contribution in [0.4, 0.5) is 4.39 Å². The number of nitriles is 1. The summed E-state index contributed by atoms with van der Waals surface area (Å²) in [5.41, 5.74) is 0.331. The number of nitrogens with zero attached hydrogens (tertiary/aromatic N) is 4. The average molecular weight is 300 g/mol. The lowest BCUT2D eigenvalue weighted by Crippen LogP contribution is -2.01. The summed E-state index contributed by atoms with van der Waals surface area (Å²) in [5.74, 6) is 1.24. The molecule has 2 aliphatic rings. The van der Waals surface area contributed by atoms with Crippen molar-refractivity contribution in [3.05, 3.63) is 35.4 Å². The molecule has 0 atom stereocenters. The lowest BCUT2D eigenvalue weighted by molar-refractivity contribution is 0.621. The summed E-state index contributed by atoms with van der Waals surface area (Å²) in [6.07, 6.45) is 4.71. The average Bonchev–Trinajstić information content (AvgIpc) is 3.37. The standard InChI is InChI=1S/C15H13FN4S/c16-11-5-9(8-17)6-13(7-11)21-15-19-18-14(10-1-2-10)20(15)12-3-4-12/h5-7,10,12H,1-4H2. The normalized spacial score (nSPS) is 17.7. The number of hydrogen-bond acceptors (Lipinski definition) is 4. The highest BCUT2D eigenvalue weighted by Crippen LogP contribution is 2.46. The van der Waals surface area contributed by atoms with E-state index in [1.54, 1.807) is 6.07 Å². The van der Waals surface area contributed by atoms with Gasteiger partial charge in [0, 0.05) is 16.9 Å². The summed E-state index contributed by atoms with van der Waals surface area (Å²) in [4.78, 5) is 0.697. The lowest BCUT2D eigenvalue weighted by Gasteiger charge is -2.08. The molecule has 0 saturated heterocycles. The topological polar surface area (TPSA) is 54.5 Å². The maximum absolute atomic E-state index is 13.5. The molecule has 106 valence electrons. The summed E-state index contributed by atoms with van der Waals surface area (Å²) in [7, 11) is 0. The van der Waals surface area contributed by atoms with Gasteiger partial charge in [-0.2, -0.15) is 5.26 Å². The molecule has 2 saturated carbocycles. The number of aromatic nitrogens is 3. The predicted octanol–water partition coefficient (Wildman–Crippen LogP) is 3.65. The van der Waals surface area contributed by atoms with Crippen LogP contribution >= 0.6 is 11.8 Å². The van der Waals surface area contributed by atoms with Crippen molar-refractivity contribution in [2.24, 2.45) is 0 Å². The SMILES string of the molecule is N#Cc1cc(F)cc(Sc2nnc(C3CC3)n2C2CC2)c1. The van der Waals surface area contributed by atoms with E-state index >= 15 is 0 Å². The van der Waals surface area contributed by atoms with E-state index in [1.807, 2.05) is 6.07 Å². The van der Waals surface area contributed by atoms with Crippen LogP contribution in [-0.4, -0.2) is 14.8 Å². The van der Waals surface area contributed by atoms with Gasteiger partial charge in [-0.05, 0) is 55.6 Å². The fraction of sp³-hybridized carbons (Fsp3) is 0.400. The summed E-state index contributed by atoms with van der Waals surface area (Å²) in [5, 5.41) is 18.4. The van der Waals surface area contributed by atoms with Gasteiger partial charge in [0.1, 0.15) is 11.6 Å². The third-order valence-electron chi connectivity index (χ3n) is 3.75. The summed E-state index contributed by atoms with van der Waals surface area (Å²) in [6.45, 7) is 0. The van der Waals surface area contributed by atoms with Crippen molar-refractivity contribution in [3.63, 3.8) is 0 Å². The number of halogens is 1. The van der Waals surface area contributed by atoms with E-state index in [9.17, 15) is 4.39 Å². The molecule has 4 nitrogen and oxygen atoms in total. The first-order chi connectivity index (χ1) is 10.2. The molecular weight excluding hydrogens is 287 g/mol. The Morgan fingerprint density at radius 2 is 2.00 bits per heavy atom. The minimum Gasteiger partial charge on any atom is -0.302 e. The minimum atomic E-state index is -0.392. The molecule has 0 radical (unpaired) electrons. The first kappa shape index (κ1) is 12.8. The van der Waals surface area contributed by atoms with Gasteiger partial charge in [-0.3, -0.25) is 0 Å². The highest BCUT2D eigenvalue weighted by Gasteiger charge is 2.36. The van der Waals surface area contributed by atoms with Crippen LogP contribution in [0.3, 0.4) is 0 Å². The monoisotopic (exact) mass is 300 g/mol. The van der Waals surface area contributed by atoms with Gasteiger partial charge in [-0.15, -0.1) is 10.2 Å². The Kier molecular flexibility index (Phi) is 2.96. The van der Waals surface area contributed by atoms with Crippen LogP contribution in [0.25, 0.3) is 0 Å². The van der Waals surface area contributed by atoms with Crippen LogP contribution in [0, 0.1) is 17.1 Å². The second-order valence-electron chi connectivity index (χ2n) is 5.61. The molecule has 1 aromatic heterocycles. The molecular formula is C15H13FN4S. The minimum absolute atomic E-state index is 0.331. The van der Waals surface area contributed by atoms with Crippen LogP contribution in [0.15, 0.2) is 28.3 Å². The van der Waals surface area contributed by atoms with Crippen molar-refractivity contribution in [3.8, 4) is 6.07 Å². The Hall–Kier alpha value is -1.87. The molecule has 4 rings (SSSR count). The predicted molar refractivity (Wildman–Crippen MR) is 75.5 cm³/mol. The lowest BCUT2D eigenvalue weighted by atomic mass is 10.2. The molecule has 0 unspecified atom stereocenters. The highest BCUT2D eigenvalue weighted by atomic mass is 32.2. The maximum Gasteiger partial charge on any atom is 0.196 e.